The van der Waals surface area contributed by atoms with Gasteiger partial charge in [-0.1, -0.05) is 5.16 Å². The SMILES string of the molecule is COc1ccc(O)c(CN2CCCC(c3noc(-c4cnc(C)cn4)n3)C2)c1. The van der Waals surface area contributed by atoms with Crippen molar-refractivity contribution in [2.24, 2.45) is 0 Å². The van der Waals surface area contributed by atoms with E-state index in [0.29, 0.717) is 24.0 Å². The van der Waals surface area contributed by atoms with Gasteiger partial charge in [0.2, 0.25) is 0 Å². The van der Waals surface area contributed by atoms with Gasteiger partial charge in [0, 0.05) is 30.8 Å². The van der Waals surface area contributed by atoms with Crippen molar-refractivity contribution in [1.82, 2.24) is 25.0 Å². The molecule has 8 heteroatoms. The Bertz CT molecular complexity index is 941. The van der Waals surface area contributed by atoms with Crippen molar-refractivity contribution in [2.45, 2.75) is 32.2 Å². The van der Waals surface area contributed by atoms with Crippen LogP contribution < -0.4 is 4.74 Å². The number of hydrogen-bond acceptors (Lipinski definition) is 8. The number of aromatic nitrogens is 4. The lowest BCUT2D eigenvalue weighted by Gasteiger charge is -2.31. The molecule has 0 saturated carbocycles. The summed E-state index contributed by atoms with van der Waals surface area (Å²) >= 11 is 0. The van der Waals surface area contributed by atoms with Crippen molar-refractivity contribution in [3.8, 4) is 23.1 Å². The maximum absolute atomic E-state index is 10.2. The lowest BCUT2D eigenvalue weighted by molar-refractivity contribution is 0.193. The van der Waals surface area contributed by atoms with E-state index in [2.05, 4.69) is 25.0 Å². The Labute approximate surface area is 163 Å². The normalized spacial score (nSPS) is 17.6. The van der Waals surface area contributed by atoms with E-state index in [1.807, 2.05) is 13.0 Å². The highest BCUT2D eigenvalue weighted by molar-refractivity contribution is 5.44. The molecule has 0 radical (unpaired) electrons. The molecular formula is C20H23N5O3. The first-order chi connectivity index (χ1) is 13.6. The second kappa shape index (κ2) is 7.93. The second-order valence-electron chi connectivity index (χ2n) is 7.07. The summed E-state index contributed by atoms with van der Waals surface area (Å²) in [5.41, 5.74) is 2.27. The molecule has 4 rings (SSSR count). The van der Waals surface area contributed by atoms with Gasteiger partial charge in [-0.05, 0) is 44.5 Å². The fourth-order valence-electron chi connectivity index (χ4n) is 3.47. The van der Waals surface area contributed by atoms with Crippen molar-refractivity contribution in [2.75, 3.05) is 20.2 Å². The van der Waals surface area contributed by atoms with Crippen molar-refractivity contribution >= 4 is 0 Å². The van der Waals surface area contributed by atoms with Crippen LogP contribution in [-0.4, -0.2) is 50.3 Å². The van der Waals surface area contributed by atoms with E-state index in [9.17, 15) is 5.11 Å². The third-order valence-electron chi connectivity index (χ3n) is 4.99. The number of benzene rings is 1. The van der Waals surface area contributed by atoms with Crippen molar-refractivity contribution < 1.29 is 14.4 Å². The van der Waals surface area contributed by atoms with E-state index in [4.69, 9.17) is 9.26 Å². The van der Waals surface area contributed by atoms with Crippen LogP contribution in [0.25, 0.3) is 11.6 Å². The van der Waals surface area contributed by atoms with Gasteiger partial charge in [-0.15, -0.1) is 0 Å². The van der Waals surface area contributed by atoms with E-state index in [1.54, 1.807) is 31.6 Å². The zero-order valence-electron chi connectivity index (χ0n) is 16.0. The fourth-order valence-corrected chi connectivity index (χ4v) is 3.47. The zero-order chi connectivity index (χ0) is 19.5. The molecule has 1 fully saturated rings. The summed E-state index contributed by atoms with van der Waals surface area (Å²) in [5.74, 6) is 2.28. The highest BCUT2D eigenvalue weighted by Crippen LogP contribution is 2.30. The van der Waals surface area contributed by atoms with Gasteiger partial charge in [0.05, 0.1) is 19.0 Å². The second-order valence-corrected chi connectivity index (χ2v) is 7.07. The van der Waals surface area contributed by atoms with Crippen LogP contribution >= 0.6 is 0 Å². The maximum atomic E-state index is 10.2. The number of ether oxygens (including phenoxy) is 1. The summed E-state index contributed by atoms with van der Waals surface area (Å²) in [4.78, 5) is 15.4. The van der Waals surface area contributed by atoms with Gasteiger partial charge in [-0.2, -0.15) is 4.98 Å². The van der Waals surface area contributed by atoms with Crippen LogP contribution in [0.4, 0.5) is 0 Å². The Morgan fingerprint density at radius 3 is 2.96 bits per heavy atom. The summed E-state index contributed by atoms with van der Waals surface area (Å²) in [5, 5.41) is 14.3. The number of piperidine rings is 1. The number of aromatic hydroxyl groups is 1. The van der Waals surface area contributed by atoms with Gasteiger partial charge in [0.25, 0.3) is 5.89 Å². The molecule has 3 aromatic rings. The van der Waals surface area contributed by atoms with E-state index in [-0.39, 0.29) is 11.7 Å². The molecule has 0 bridgehead atoms. The molecule has 146 valence electrons. The average molecular weight is 381 g/mol. The summed E-state index contributed by atoms with van der Waals surface area (Å²) in [7, 11) is 1.62. The molecule has 1 saturated heterocycles. The van der Waals surface area contributed by atoms with Gasteiger partial charge < -0.3 is 14.4 Å². The highest BCUT2D eigenvalue weighted by atomic mass is 16.5. The van der Waals surface area contributed by atoms with Crippen LogP contribution in [0.15, 0.2) is 35.1 Å². The first-order valence-electron chi connectivity index (χ1n) is 9.33. The first-order valence-corrected chi connectivity index (χ1v) is 9.33. The van der Waals surface area contributed by atoms with Gasteiger partial charge in [0.15, 0.2) is 5.82 Å². The Hall–Kier alpha value is -3.00. The monoisotopic (exact) mass is 381 g/mol. The summed E-state index contributed by atoms with van der Waals surface area (Å²) in [6.45, 7) is 4.29. The first kappa shape index (κ1) is 18.4. The molecule has 0 spiro atoms. The molecule has 1 aliphatic heterocycles. The lowest BCUT2D eigenvalue weighted by atomic mass is 9.97. The van der Waals surface area contributed by atoms with Crippen molar-refractivity contribution in [3.05, 3.63) is 47.7 Å². The Balaban J connectivity index is 1.46. The quantitative estimate of drug-likeness (QED) is 0.720. The van der Waals surface area contributed by atoms with E-state index < -0.39 is 0 Å². The fraction of sp³-hybridized carbons (Fsp3) is 0.400. The molecule has 1 atom stereocenters. The summed E-state index contributed by atoms with van der Waals surface area (Å²) in [6, 6.07) is 5.30. The molecule has 0 aliphatic carbocycles. The minimum Gasteiger partial charge on any atom is -0.508 e. The van der Waals surface area contributed by atoms with Gasteiger partial charge in [-0.3, -0.25) is 9.88 Å². The molecule has 28 heavy (non-hydrogen) atoms. The molecule has 3 heterocycles. The van der Waals surface area contributed by atoms with Crippen LogP contribution in [0.3, 0.4) is 0 Å². The van der Waals surface area contributed by atoms with Crippen LogP contribution in [0.5, 0.6) is 11.5 Å². The standard InChI is InChI=1S/C20H23N5O3/c1-13-9-22-17(10-21-13)20-23-19(24-28-20)14-4-3-7-25(11-14)12-15-8-16(27-2)5-6-18(15)26/h5-6,8-10,14,26H,3-4,7,11-12H2,1-2H3. The van der Waals surface area contributed by atoms with Crippen LogP contribution in [0.2, 0.25) is 0 Å². The molecule has 1 aliphatic rings. The van der Waals surface area contributed by atoms with E-state index in [0.717, 1.165) is 42.9 Å². The molecule has 2 aromatic heterocycles. The van der Waals surface area contributed by atoms with Gasteiger partial charge in [-0.25, -0.2) is 4.98 Å². The Morgan fingerprint density at radius 2 is 2.18 bits per heavy atom. The van der Waals surface area contributed by atoms with Crippen LogP contribution in [0, 0.1) is 6.92 Å². The number of nitrogens with zero attached hydrogens (tertiary/aromatic N) is 5. The number of aryl methyl sites for hydroxylation is 1. The predicted octanol–water partition coefficient (Wildman–Crippen LogP) is 2.93. The Kier molecular flexibility index (Phi) is 5.21. The smallest absolute Gasteiger partial charge is 0.278 e. The summed E-state index contributed by atoms with van der Waals surface area (Å²) < 4.78 is 10.7. The third-order valence-corrected chi connectivity index (χ3v) is 4.99. The van der Waals surface area contributed by atoms with Crippen LogP contribution in [-0.2, 0) is 6.54 Å². The lowest BCUT2D eigenvalue weighted by Crippen LogP contribution is -2.34. The number of methoxy groups -OCH3 is 1. The molecule has 1 aromatic carbocycles. The van der Waals surface area contributed by atoms with Crippen molar-refractivity contribution in [3.63, 3.8) is 0 Å². The molecule has 0 amide bonds. The molecular weight excluding hydrogens is 358 g/mol. The summed E-state index contributed by atoms with van der Waals surface area (Å²) in [6.07, 6.45) is 5.36. The van der Waals surface area contributed by atoms with Crippen molar-refractivity contribution in [1.29, 1.82) is 0 Å². The number of phenols is 1. The van der Waals surface area contributed by atoms with Crippen LogP contribution in [0.1, 0.15) is 35.8 Å². The maximum Gasteiger partial charge on any atom is 0.278 e. The van der Waals surface area contributed by atoms with E-state index in [1.165, 1.54) is 0 Å². The minimum atomic E-state index is 0.178. The zero-order valence-corrected chi connectivity index (χ0v) is 16.0. The Morgan fingerprint density at radius 1 is 1.29 bits per heavy atom. The van der Waals surface area contributed by atoms with Gasteiger partial charge >= 0.3 is 0 Å². The van der Waals surface area contributed by atoms with Gasteiger partial charge in [0.1, 0.15) is 17.2 Å². The minimum absolute atomic E-state index is 0.178. The molecule has 8 nitrogen and oxygen atoms in total. The average Bonchev–Trinajstić information content (AvgIpc) is 3.21. The highest BCUT2D eigenvalue weighted by Gasteiger charge is 2.26. The predicted molar refractivity (Wildman–Crippen MR) is 102 cm³/mol. The molecule has 1 N–H and O–H groups in total. The number of rotatable bonds is 5. The third kappa shape index (κ3) is 3.96. The number of likely N-dealkylation sites (tertiary alicyclic amines) is 1. The largest absolute Gasteiger partial charge is 0.508 e. The topological polar surface area (TPSA) is 97.4 Å². The number of hydrogen-bond donors (Lipinski definition) is 1. The number of phenolic OH excluding ortho intramolecular Hbond substituents is 1. The van der Waals surface area contributed by atoms with E-state index >= 15 is 0 Å². The molecule has 1 unspecified atom stereocenters.